The van der Waals surface area contributed by atoms with Gasteiger partial charge in [0.2, 0.25) is 0 Å². The third-order valence-electron chi connectivity index (χ3n) is 6.53. The van der Waals surface area contributed by atoms with Crippen molar-refractivity contribution in [3.8, 4) is 5.75 Å². The van der Waals surface area contributed by atoms with E-state index in [0.717, 1.165) is 60.3 Å². The first-order valence-corrected chi connectivity index (χ1v) is 13.2. The fraction of sp³-hybridized carbons (Fsp3) is 0.440. The van der Waals surface area contributed by atoms with Crippen LogP contribution < -0.4 is 10.5 Å². The lowest BCUT2D eigenvalue weighted by Gasteiger charge is -2.37. The van der Waals surface area contributed by atoms with E-state index in [1.807, 2.05) is 36.0 Å². The molecule has 3 N–H and O–H groups in total. The monoisotopic (exact) mass is 485 g/mol. The van der Waals surface area contributed by atoms with Crippen molar-refractivity contribution in [2.24, 2.45) is 17.6 Å². The first kappa shape index (κ1) is 24.0. The van der Waals surface area contributed by atoms with E-state index < -0.39 is 5.97 Å². The number of carboxylic acid groups (broad SMARTS) is 1. The molecule has 1 saturated heterocycles. The average molecular weight is 486 g/mol. The number of likely N-dealkylation sites (tertiary alicyclic amines) is 1. The molecule has 3 aromatic rings. The van der Waals surface area contributed by atoms with Crippen LogP contribution in [0.15, 0.2) is 52.2 Å². The van der Waals surface area contributed by atoms with Gasteiger partial charge in [-0.2, -0.15) is 0 Å². The molecular formula is C25H31N3O3S2. The van der Waals surface area contributed by atoms with Crippen molar-refractivity contribution < 1.29 is 14.6 Å². The number of piperidine rings is 1. The van der Waals surface area contributed by atoms with E-state index in [2.05, 4.69) is 27.4 Å². The van der Waals surface area contributed by atoms with Gasteiger partial charge in [0.25, 0.3) is 0 Å². The lowest BCUT2D eigenvalue weighted by atomic mass is 9.81. The van der Waals surface area contributed by atoms with E-state index >= 15 is 0 Å². The second kappa shape index (κ2) is 11.3. The van der Waals surface area contributed by atoms with Crippen LogP contribution in [-0.4, -0.2) is 53.5 Å². The molecule has 3 atom stereocenters. The van der Waals surface area contributed by atoms with Crippen molar-refractivity contribution in [2.75, 3.05) is 32.5 Å². The van der Waals surface area contributed by atoms with E-state index in [0.29, 0.717) is 6.54 Å². The van der Waals surface area contributed by atoms with Gasteiger partial charge in [0.1, 0.15) is 5.75 Å². The number of hydrogen-bond donors (Lipinski definition) is 2. The number of carbonyl (C=O) groups is 1. The van der Waals surface area contributed by atoms with Crippen molar-refractivity contribution in [3.05, 3.63) is 53.5 Å². The summed E-state index contributed by atoms with van der Waals surface area (Å²) in [5, 5.41) is 13.0. The smallest absolute Gasteiger partial charge is 0.308 e. The molecule has 1 aliphatic heterocycles. The molecule has 0 spiro atoms. The van der Waals surface area contributed by atoms with Crippen LogP contribution in [0, 0.1) is 11.8 Å². The van der Waals surface area contributed by atoms with Crippen molar-refractivity contribution in [2.45, 2.75) is 29.5 Å². The third-order valence-corrected chi connectivity index (χ3v) is 8.65. The van der Waals surface area contributed by atoms with Gasteiger partial charge in [-0.1, -0.05) is 6.07 Å². The second-order valence-corrected chi connectivity index (χ2v) is 10.9. The molecular weight excluding hydrogens is 454 g/mol. The highest BCUT2D eigenvalue weighted by molar-refractivity contribution is 8.01. The average Bonchev–Trinajstić information content (AvgIpc) is 3.35. The summed E-state index contributed by atoms with van der Waals surface area (Å²) in [6, 6.07) is 11.8. The van der Waals surface area contributed by atoms with Crippen LogP contribution in [0.5, 0.6) is 5.75 Å². The highest BCUT2D eigenvalue weighted by Crippen LogP contribution is 2.33. The molecule has 0 amide bonds. The number of carboxylic acids is 1. The van der Waals surface area contributed by atoms with Crippen molar-refractivity contribution in [1.82, 2.24) is 9.88 Å². The maximum absolute atomic E-state index is 12.0. The highest BCUT2D eigenvalue weighted by Gasteiger charge is 2.34. The van der Waals surface area contributed by atoms with Crippen molar-refractivity contribution in [3.63, 3.8) is 0 Å². The third kappa shape index (κ3) is 6.06. The van der Waals surface area contributed by atoms with Gasteiger partial charge in [-0.15, -0.1) is 23.1 Å². The normalized spacial score (nSPS) is 20.1. The van der Waals surface area contributed by atoms with Gasteiger partial charge in [-0.25, -0.2) is 0 Å². The minimum absolute atomic E-state index is 0.150. The zero-order chi connectivity index (χ0) is 23.2. The quantitative estimate of drug-likeness (QED) is 0.395. The number of aromatic nitrogens is 1. The Kier molecular flexibility index (Phi) is 8.25. The Morgan fingerprint density at radius 1 is 1.39 bits per heavy atom. The Labute approximate surface area is 203 Å². The molecule has 8 heteroatoms. The summed E-state index contributed by atoms with van der Waals surface area (Å²) < 4.78 is 6.69. The first-order chi connectivity index (χ1) is 16.0. The number of thiophene rings is 1. The molecule has 176 valence electrons. The van der Waals surface area contributed by atoms with Gasteiger partial charge in [-0.05, 0) is 73.0 Å². The topological polar surface area (TPSA) is 88.7 Å². The molecule has 6 nitrogen and oxygen atoms in total. The molecule has 0 radical (unpaired) electrons. The Morgan fingerprint density at radius 3 is 3.03 bits per heavy atom. The number of rotatable bonds is 10. The van der Waals surface area contributed by atoms with Gasteiger partial charge in [0.15, 0.2) is 0 Å². The van der Waals surface area contributed by atoms with Crippen LogP contribution in [0.4, 0.5) is 0 Å². The zero-order valence-corrected chi connectivity index (χ0v) is 20.5. The molecule has 0 saturated carbocycles. The van der Waals surface area contributed by atoms with E-state index in [9.17, 15) is 9.90 Å². The maximum Gasteiger partial charge on any atom is 0.308 e. The summed E-state index contributed by atoms with van der Waals surface area (Å²) >= 11 is 3.60. The second-order valence-electron chi connectivity index (χ2n) is 8.54. The summed E-state index contributed by atoms with van der Waals surface area (Å²) in [4.78, 5) is 18.8. The van der Waals surface area contributed by atoms with Gasteiger partial charge < -0.3 is 20.5 Å². The van der Waals surface area contributed by atoms with E-state index in [1.54, 1.807) is 24.6 Å². The number of methoxy groups -OCH3 is 1. The van der Waals surface area contributed by atoms with Crippen LogP contribution in [0.2, 0.25) is 0 Å². The van der Waals surface area contributed by atoms with Gasteiger partial charge in [-0.3, -0.25) is 9.78 Å². The summed E-state index contributed by atoms with van der Waals surface area (Å²) in [5.41, 5.74) is 8.53. The van der Waals surface area contributed by atoms with Crippen LogP contribution in [0.3, 0.4) is 0 Å². The molecule has 0 aliphatic carbocycles. The van der Waals surface area contributed by atoms with E-state index in [-0.39, 0.29) is 17.9 Å². The summed E-state index contributed by atoms with van der Waals surface area (Å²) in [6.07, 6.45) is 4.25. The van der Waals surface area contributed by atoms with E-state index in [4.69, 9.17) is 10.5 Å². The number of benzene rings is 1. The van der Waals surface area contributed by atoms with E-state index in [1.165, 1.54) is 4.21 Å². The predicted molar refractivity (Wildman–Crippen MR) is 135 cm³/mol. The molecule has 33 heavy (non-hydrogen) atoms. The molecule has 1 aliphatic rings. The number of nitrogens with two attached hydrogens (primary N) is 1. The number of thioether (sulfide) groups is 1. The van der Waals surface area contributed by atoms with Gasteiger partial charge in [0, 0.05) is 36.5 Å². The van der Waals surface area contributed by atoms with Gasteiger partial charge >= 0.3 is 5.97 Å². The lowest BCUT2D eigenvalue weighted by Crippen LogP contribution is -2.44. The minimum atomic E-state index is -0.691. The molecule has 2 aromatic heterocycles. The summed E-state index contributed by atoms with van der Waals surface area (Å²) in [5.74, 6) is 0.883. The molecule has 3 heterocycles. The lowest BCUT2D eigenvalue weighted by molar-refractivity contribution is -0.146. The standard InChI is InChI=1S/C25H31N3O3S2/c1-31-18-5-7-23-20(15-18)19(8-10-27-23)22(26)6-4-17-9-11-28(16-21(17)25(29)30)12-14-33-24-3-2-13-32-24/h2-3,5,7-8,10,13,15,17,21-22H,4,6,9,11-12,14,16,26H2,1H3,(H,29,30)/t17?,21-,22-/m1/s1. The molecule has 0 bridgehead atoms. The van der Waals surface area contributed by atoms with Crippen LogP contribution in [-0.2, 0) is 4.79 Å². The molecule has 1 unspecified atom stereocenters. The van der Waals surface area contributed by atoms with Gasteiger partial charge in [0.05, 0.1) is 22.8 Å². The highest BCUT2D eigenvalue weighted by atomic mass is 32.2. The van der Waals surface area contributed by atoms with Crippen LogP contribution in [0.1, 0.15) is 30.9 Å². The fourth-order valence-electron chi connectivity index (χ4n) is 4.66. The zero-order valence-electron chi connectivity index (χ0n) is 18.9. The Balaban J connectivity index is 1.34. The Bertz CT molecular complexity index is 1060. The SMILES string of the molecule is COc1ccc2nccc([C@H](N)CCC3CCN(CCSc4cccs4)C[C@H]3C(=O)O)c2c1. The molecule has 1 fully saturated rings. The molecule has 1 aromatic carbocycles. The molecule has 4 rings (SSSR count). The van der Waals surface area contributed by atoms with Crippen molar-refractivity contribution in [1.29, 1.82) is 0 Å². The summed E-state index contributed by atoms with van der Waals surface area (Å²) in [7, 11) is 1.65. The number of aliphatic carboxylic acids is 1. The van der Waals surface area contributed by atoms with Crippen LogP contribution in [0.25, 0.3) is 10.9 Å². The number of hydrogen-bond acceptors (Lipinski definition) is 7. The van der Waals surface area contributed by atoms with Crippen molar-refractivity contribution >= 4 is 40.0 Å². The number of nitrogens with zero attached hydrogens (tertiary/aromatic N) is 2. The number of fused-ring (bicyclic) bond motifs is 1. The summed E-state index contributed by atoms with van der Waals surface area (Å²) in [6.45, 7) is 2.49. The minimum Gasteiger partial charge on any atom is -0.497 e. The fourth-order valence-corrected chi connectivity index (χ4v) is 6.53. The number of ether oxygens (including phenoxy) is 1. The first-order valence-electron chi connectivity index (χ1n) is 11.3. The maximum atomic E-state index is 12.0. The predicted octanol–water partition coefficient (Wildman–Crippen LogP) is 4.90. The number of pyridine rings is 1. The Morgan fingerprint density at radius 2 is 2.27 bits per heavy atom. The Hall–Kier alpha value is -2.13. The van der Waals surface area contributed by atoms with Crippen LogP contribution >= 0.6 is 23.1 Å². The largest absolute Gasteiger partial charge is 0.497 e.